The molecule has 1 unspecified atom stereocenters. The van der Waals surface area contributed by atoms with Crippen molar-refractivity contribution in [1.82, 2.24) is 4.57 Å². The molecule has 0 spiro atoms. The molecular formula is C8H13N3O2S. The number of ether oxygens (including phenoxy) is 1. The number of carbonyl (C=O) groups excluding carboxylic acids is 1. The van der Waals surface area contributed by atoms with Gasteiger partial charge in [0.2, 0.25) is 0 Å². The van der Waals surface area contributed by atoms with Crippen molar-refractivity contribution in [3.63, 3.8) is 0 Å². The molecule has 0 bridgehead atoms. The van der Waals surface area contributed by atoms with Crippen LogP contribution in [0.5, 0.6) is 0 Å². The Labute approximate surface area is 85.8 Å². The number of hydrogen-bond donors (Lipinski definition) is 1. The van der Waals surface area contributed by atoms with E-state index >= 15 is 0 Å². The molecule has 1 amide bonds. The van der Waals surface area contributed by atoms with E-state index in [-0.39, 0.29) is 12.5 Å². The molecule has 2 N–H and O–H groups in total. The number of aryl methyl sites for hydroxylation is 1. The number of thiazole rings is 1. The smallest absolute Gasteiger partial charge is 0.267 e. The van der Waals surface area contributed by atoms with Crippen molar-refractivity contribution in [2.45, 2.75) is 6.04 Å². The third-order valence-corrected chi connectivity index (χ3v) is 2.48. The van der Waals surface area contributed by atoms with E-state index in [1.807, 2.05) is 18.6 Å². The normalized spacial score (nSPS) is 14.4. The van der Waals surface area contributed by atoms with Crippen LogP contribution in [0.1, 0.15) is 0 Å². The first-order valence-electron chi connectivity index (χ1n) is 4.08. The minimum atomic E-state index is -0.679. The highest BCUT2D eigenvalue weighted by Crippen LogP contribution is 1.89. The summed E-state index contributed by atoms with van der Waals surface area (Å²) in [7, 11) is 3.32. The maximum absolute atomic E-state index is 11.4. The van der Waals surface area contributed by atoms with Crippen LogP contribution in [0.2, 0.25) is 0 Å². The van der Waals surface area contributed by atoms with Gasteiger partial charge in [0.15, 0.2) is 4.80 Å². The van der Waals surface area contributed by atoms with Gasteiger partial charge in [-0.05, 0) is 0 Å². The fourth-order valence-electron chi connectivity index (χ4n) is 0.863. The van der Waals surface area contributed by atoms with Crippen LogP contribution < -0.4 is 10.5 Å². The Morgan fingerprint density at radius 2 is 2.57 bits per heavy atom. The van der Waals surface area contributed by atoms with E-state index in [4.69, 9.17) is 10.5 Å². The van der Waals surface area contributed by atoms with Gasteiger partial charge < -0.3 is 15.0 Å². The minimum Gasteiger partial charge on any atom is -0.383 e. The summed E-state index contributed by atoms with van der Waals surface area (Å²) >= 11 is 1.39. The zero-order valence-corrected chi connectivity index (χ0v) is 8.95. The third-order valence-electron chi connectivity index (χ3n) is 1.63. The quantitative estimate of drug-likeness (QED) is 0.738. The minimum absolute atomic E-state index is 0.192. The topological polar surface area (TPSA) is 69.6 Å². The first-order valence-corrected chi connectivity index (χ1v) is 4.96. The van der Waals surface area contributed by atoms with Crippen LogP contribution in [0.25, 0.3) is 0 Å². The number of amides is 1. The molecule has 5 nitrogen and oxygen atoms in total. The van der Waals surface area contributed by atoms with Gasteiger partial charge in [-0.3, -0.25) is 4.79 Å². The summed E-state index contributed by atoms with van der Waals surface area (Å²) in [5, 5.41) is 1.86. The zero-order valence-electron chi connectivity index (χ0n) is 8.14. The van der Waals surface area contributed by atoms with Gasteiger partial charge >= 0.3 is 0 Å². The van der Waals surface area contributed by atoms with E-state index in [1.54, 1.807) is 4.57 Å². The molecule has 14 heavy (non-hydrogen) atoms. The Hall–Kier alpha value is -0.980. The fraction of sp³-hybridized carbons (Fsp3) is 0.500. The molecule has 0 aliphatic carbocycles. The molecular weight excluding hydrogens is 202 g/mol. The average Bonchev–Trinajstić information content (AvgIpc) is 2.52. The van der Waals surface area contributed by atoms with Crippen LogP contribution in [0.15, 0.2) is 16.6 Å². The first kappa shape index (κ1) is 11.1. The number of aromatic nitrogens is 1. The number of rotatable bonds is 3. The van der Waals surface area contributed by atoms with Gasteiger partial charge in [-0.2, -0.15) is 4.99 Å². The summed E-state index contributed by atoms with van der Waals surface area (Å²) in [5.41, 5.74) is 5.52. The SMILES string of the molecule is COCC(N)C(=O)N=c1sccn1C. The van der Waals surface area contributed by atoms with E-state index < -0.39 is 6.04 Å². The molecule has 1 atom stereocenters. The Morgan fingerprint density at radius 1 is 1.86 bits per heavy atom. The molecule has 0 fully saturated rings. The molecule has 0 aromatic carbocycles. The Balaban J connectivity index is 2.78. The molecule has 1 heterocycles. The predicted molar refractivity (Wildman–Crippen MR) is 53.7 cm³/mol. The average molecular weight is 215 g/mol. The Kier molecular flexibility index (Phi) is 3.99. The highest BCUT2D eigenvalue weighted by molar-refractivity contribution is 7.07. The summed E-state index contributed by atoms with van der Waals surface area (Å²) in [5.74, 6) is -0.357. The molecule has 0 aliphatic rings. The highest BCUT2D eigenvalue weighted by Gasteiger charge is 2.11. The van der Waals surface area contributed by atoms with Crippen molar-refractivity contribution in [1.29, 1.82) is 0 Å². The van der Waals surface area contributed by atoms with Crippen LogP contribution in [-0.4, -0.2) is 30.2 Å². The lowest BCUT2D eigenvalue weighted by Gasteiger charge is -2.03. The van der Waals surface area contributed by atoms with Crippen LogP contribution >= 0.6 is 11.3 Å². The summed E-state index contributed by atoms with van der Waals surface area (Å²) in [6, 6.07) is -0.679. The van der Waals surface area contributed by atoms with Gasteiger partial charge in [0.25, 0.3) is 5.91 Å². The lowest BCUT2D eigenvalue weighted by molar-refractivity contribution is -0.120. The second kappa shape index (κ2) is 5.04. The molecule has 78 valence electrons. The van der Waals surface area contributed by atoms with Crippen molar-refractivity contribution in [3.8, 4) is 0 Å². The molecule has 6 heteroatoms. The van der Waals surface area contributed by atoms with Gasteiger partial charge in [-0.25, -0.2) is 0 Å². The van der Waals surface area contributed by atoms with Gasteiger partial charge in [0.1, 0.15) is 6.04 Å². The fourth-order valence-corrected chi connectivity index (χ4v) is 1.60. The van der Waals surface area contributed by atoms with E-state index in [0.717, 1.165) is 0 Å². The van der Waals surface area contributed by atoms with Crippen molar-refractivity contribution >= 4 is 17.2 Å². The number of nitrogens with zero attached hydrogens (tertiary/aromatic N) is 2. The Morgan fingerprint density at radius 3 is 3.07 bits per heavy atom. The Bertz CT molecular complexity index is 369. The molecule has 0 radical (unpaired) electrons. The van der Waals surface area contributed by atoms with Crippen molar-refractivity contribution in [3.05, 3.63) is 16.4 Å². The van der Waals surface area contributed by atoms with E-state index in [9.17, 15) is 4.79 Å². The monoisotopic (exact) mass is 215 g/mol. The van der Waals surface area contributed by atoms with Gasteiger partial charge in [0.05, 0.1) is 6.61 Å². The predicted octanol–water partition coefficient (Wildman–Crippen LogP) is -0.512. The molecule has 1 aromatic rings. The molecule has 1 rings (SSSR count). The van der Waals surface area contributed by atoms with E-state index in [2.05, 4.69) is 4.99 Å². The molecule has 0 aliphatic heterocycles. The van der Waals surface area contributed by atoms with Crippen LogP contribution in [-0.2, 0) is 16.6 Å². The van der Waals surface area contributed by atoms with Crippen molar-refractivity contribution < 1.29 is 9.53 Å². The van der Waals surface area contributed by atoms with Crippen LogP contribution in [0.3, 0.4) is 0 Å². The maximum atomic E-state index is 11.4. The largest absolute Gasteiger partial charge is 0.383 e. The summed E-state index contributed by atoms with van der Waals surface area (Å²) in [6.07, 6.45) is 1.83. The van der Waals surface area contributed by atoms with Crippen molar-refractivity contribution in [2.75, 3.05) is 13.7 Å². The van der Waals surface area contributed by atoms with Crippen LogP contribution in [0, 0.1) is 0 Å². The molecule has 0 saturated heterocycles. The maximum Gasteiger partial charge on any atom is 0.267 e. The first-order chi connectivity index (χ1) is 6.65. The second-order valence-electron chi connectivity index (χ2n) is 2.81. The van der Waals surface area contributed by atoms with Crippen molar-refractivity contribution in [2.24, 2.45) is 17.8 Å². The number of nitrogens with two attached hydrogens (primary N) is 1. The lowest BCUT2D eigenvalue weighted by Crippen LogP contribution is -2.35. The van der Waals surface area contributed by atoms with Gasteiger partial charge in [-0.1, -0.05) is 0 Å². The zero-order chi connectivity index (χ0) is 10.6. The summed E-state index contributed by atoms with van der Waals surface area (Å²) in [6.45, 7) is 0.192. The third kappa shape index (κ3) is 2.76. The number of methoxy groups -OCH3 is 1. The highest BCUT2D eigenvalue weighted by atomic mass is 32.1. The molecule has 1 aromatic heterocycles. The van der Waals surface area contributed by atoms with E-state index in [1.165, 1.54) is 18.4 Å². The standard InChI is InChI=1S/C8H13N3O2S/c1-11-3-4-14-8(11)10-7(12)6(9)5-13-2/h3-4,6H,5,9H2,1-2H3. The lowest BCUT2D eigenvalue weighted by atomic mass is 10.3. The molecule has 0 saturated carbocycles. The summed E-state index contributed by atoms with van der Waals surface area (Å²) < 4.78 is 6.53. The summed E-state index contributed by atoms with van der Waals surface area (Å²) in [4.78, 5) is 15.9. The number of hydrogen-bond acceptors (Lipinski definition) is 4. The number of carbonyl (C=O) groups is 1. The van der Waals surface area contributed by atoms with Gasteiger partial charge in [0, 0.05) is 25.7 Å². The van der Waals surface area contributed by atoms with Crippen LogP contribution in [0.4, 0.5) is 0 Å². The van der Waals surface area contributed by atoms with E-state index in [0.29, 0.717) is 4.80 Å². The van der Waals surface area contributed by atoms with Gasteiger partial charge in [-0.15, -0.1) is 11.3 Å². The second-order valence-corrected chi connectivity index (χ2v) is 3.68.